The van der Waals surface area contributed by atoms with E-state index in [1.165, 1.54) is 0 Å². The minimum absolute atomic E-state index is 0.124. The number of hydrogen-bond donors (Lipinski definition) is 1. The summed E-state index contributed by atoms with van der Waals surface area (Å²) in [6.07, 6.45) is 5.51. The van der Waals surface area contributed by atoms with Crippen LogP contribution in [0.1, 0.15) is 16.1 Å². The molecule has 0 bridgehead atoms. The smallest absolute Gasteiger partial charge is 0.252 e. The van der Waals surface area contributed by atoms with E-state index >= 15 is 0 Å². The fourth-order valence-corrected chi connectivity index (χ4v) is 2.63. The Bertz CT molecular complexity index is 968. The number of benzene rings is 1. The number of carbonyl (C=O) groups is 1. The lowest BCUT2D eigenvalue weighted by molar-refractivity contribution is 0.0952. The molecule has 0 spiro atoms. The number of fused-ring (bicyclic) bond motifs is 2. The predicted molar refractivity (Wildman–Crippen MR) is 88.1 cm³/mol. The van der Waals surface area contributed by atoms with Gasteiger partial charge < -0.3 is 9.72 Å². The zero-order valence-corrected chi connectivity index (χ0v) is 12.3. The van der Waals surface area contributed by atoms with Crippen LogP contribution in [0.15, 0.2) is 67.1 Å². The molecule has 4 aromatic rings. The van der Waals surface area contributed by atoms with Crippen LogP contribution in [0.4, 0.5) is 0 Å². The minimum Gasteiger partial charge on any atom is -0.346 e. The summed E-state index contributed by atoms with van der Waals surface area (Å²) in [7, 11) is 0. The number of para-hydroxylation sites is 1. The summed E-state index contributed by atoms with van der Waals surface area (Å²) in [5.74, 6) is -0.124. The van der Waals surface area contributed by atoms with Gasteiger partial charge in [-0.05, 0) is 24.3 Å². The van der Waals surface area contributed by atoms with Crippen LogP contribution in [0.2, 0.25) is 0 Å². The first-order valence-corrected chi connectivity index (χ1v) is 7.36. The van der Waals surface area contributed by atoms with E-state index in [0.717, 1.165) is 22.2 Å². The molecule has 0 fully saturated rings. The van der Waals surface area contributed by atoms with Crippen LogP contribution >= 0.6 is 0 Å². The van der Waals surface area contributed by atoms with Crippen molar-refractivity contribution in [1.29, 1.82) is 0 Å². The van der Waals surface area contributed by atoms with Crippen molar-refractivity contribution in [2.75, 3.05) is 0 Å². The van der Waals surface area contributed by atoms with Crippen LogP contribution in [0.3, 0.4) is 0 Å². The average molecular weight is 302 g/mol. The van der Waals surface area contributed by atoms with Gasteiger partial charge in [-0.3, -0.25) is 9.78 Å². The second kappa shape index (κ2) is 5.53. The van der Waals surface area contributed by atoms with Crippen molar-refractivity contribution in [1.82, 2.24) is 19.7 Å². The van der Waals surface area contributed by atoms with Crippen LogP contribution in [0, 0.1) is 0 Å². The van der Waals surface area contributed by atoms with Gasteiger partial charge in [0.15, 0.2) is 0 Å². The van der Waals surface area contributed by atoms with Crippen molar-refractivity contribution in [3.05, 3.63) is 78.4 Å². The third-order valence-corrected chi connectivity index (χ3v) is 3.74. The highest BCUT2D eigenvalue weighted by molar-refractivity contribution is 6.05. The monoisotopic (exact) mass is 302 g/mol. The number of amides is 1. The maximum atomic E-state index is 12.5. The largest absolute Gasteiger partial charge is 0.346 e. The quantitative estimate of drug-likeness (QED) is 0.633. The third-order valence-electron chi connectivity index (χ3n) is 3.74. The molecule has 23 heavy (non-hydrogen) atoms. The summed E-state index contributed by atoms with van der Waals surface area (Å²) >= 11 is 0. The number of nitrogens with zero attached hydrogens (tertiary/aromatic N) is 3. The lowest BCUT2D eigenvalue weighted by Gasteiger charge is -2.06. The molecule has 1 amide bonds. The Hall–Kier alpha value is -3.21. The second-order valence-electron chi connectivity index (χ2n) is 5.26. The predicted octanol–water partition coefficient (Wildman–Crippen LogP) is 2.81. The molecule has 3 heterocycles. The van der Waals surface area contributed by atoms with Crippen LogP contribution in [0.5, 0.6) is 0 Å². The van der Waals surface area contributed by atoms with Crippen LogP contribution in [0.25, 0.3) is 16.6 Å². The molecule has 4 rings (SSSR count). The second-order valence-corrected chi connectivity index (χ2v) is 5.26. The highest BCUT2D eigenvalue weighted by atomic mass is 16.1. The molecule has 0 aliphatic heterocycles. The molecular formula is C18H14N4O. The molecule has 0 unspecified atom stereocenters. The van der Waals surface area contributed by atoms with Gasteiger partial charge >= 0.3 is 0 Å². The van der Waals surface area contributed by atoms with E-state index < -0.39 is 0 Å². The lowest BCUT2D eigenvalue weighted by Crippen LogP contribution is -2.23. The van der Waals surface area contributed by atoms with E-state index in [4.69, 9.17) is 0 Å². The van der Waals surface area contributed by atoms with E-state index in [1.807, 2.05) is 59.3 Å². The molecular weight excluding hydrogens is 288 g/mol. The Morgan fingerprint density at radius 1 is 1.09 bits per heavy atom. The molecule has 0 saturated carbocycles. The first-order chi connectivity index (χ1) is 11.3. The van der Waals surface area contributed by atoms with Crippen molar-refractivity contribution in [2.45, 2.75) is 6.54 Å². The van der Waals surface area contributed by atoms with Gasteiger partial charge in [-0.15, -0.1) is 0 Å². The number of pyridine rings is 2. The van der Waals surface area contributed by atoms with Gasteiger partial charge in [0, 0.05) is 24.0 Å². The molecule has 112 valence electrons. The van der Waals surface area contributed by atoms with Gasteiger partial charge in [-0.25, -0.2) is 4.98 Å². The van der Waals surface area contributed by atoms with Crippen molar-refractivity contribution < 1.29 is 4.79 Å². The maximum Gasteiger partial charge on any atom is 0.252 e. The maximum absolute atomic E-state index is 12.5. The summed E-state index contributed by atoms with van der Waals surface area (Å²) in [6.45, 7) is 0.386. The van der Waals surface area contributed by atoms with Gasteiger partial charge in [0.2, 0.25) is 0 Å². The summed E-state index contributed by atoms with van der Waals surface area (Å²) < 4.78 is 1.93. The molecule has 0 aliphatic carbocycles. The Labute approximate surface area is 132 Å². The summed E-state index contributed by atoms with van der Waals surface area (Å²) in [6, 6.07) is 15.2. The fraction of sp³-hybridized carbons (Fsp3) is 0.0556. The topological polar surface area (TPSA) is 59.3 Å². The van der Waals surface area contributed by atoms with Gasteiger partial charge in [0.05, 0.1) is 23.3 Å². The summed E-state index contributed by atoms with van der Waals surface area (Å²) in [5.41, 5.74) is 3.13. The Morgan fingerprint density at radius 3 is 2.87 bits per heavy atom. The third kappa shape index (κ3) is 2.53. The van der Waals surface area contributed by atoms with Gasteiger partial charge in [0.25, 0.3) is 5.91 Å². The van der Waals surface area contributed by atoms with Crippen LogP contribution < -0.4 is 5.32 Å². The molecule has 1 N–H and O–H groups in total. The van der Waals surface area contributed by atoms with Gasteiger partial charge in [0.1, 0.15) is 5.65 Å². The first-order valence-electron chi connectivity index (χ1n) is 7.36. The van der Waals surface area contributed by atoms with Gasteiger partial charge in [-0.2, -0.15) is 0 Å². The first kappa shape index (κ1) is 13.5. The summed E-state index contributed by atoms with van der Waals surface area (Å²) in [4.78, 5) is 21.2. The summed E-state index contributed by atoms with van der Waals surface area (Å²) in [5, 5.41) is 3.78. The van der Waals surface area contributed by atoms with E-state index in [0.29, 0.717) is 12.1 Å². The van der Waals surface area contributed by atoms with Gasteiger partial charge in [-0.1, -0.05) is 24.3 Å². The van der Waals surface area contributed by atoms with E-state index in [1.54, 1.807) is 12.3 Å². The zero-order chi connectivity index (χ0) is 15.6. The standard InChI is InChI=1S/C18H14N4O/c23-18(15-8-9-19-16-6-2-1-5-14(15)16)20-11-13-12-22-10-4-3-7-17(22)21-13/h1-10,12H,11H2,(H,20,23). The van der Waals surface area contributed by atoms with E-state index in [2.05, 4.69) is 15.3 Å². The van der Waals surface area contributed by atoms with Crippen molar-refractivity contribution >= 4 is 22.5 Å². The number of carbonyl (C=O) groups excluding carboxylic acids is 1. The number of rotatable bonds is 3. The minimum atomic E-state index is -0.124. The number of aromatic nitrogens is 3. The SMILES string of the molecule is O=C(NCc1cn2ccccc2n1)c1ccnc2ccccc12. The molecule has 0 atom stereocenters. The normalized spacial score (nSPS) is 11.0. The van der Waals surface area contributed by atoms with E-state index in [-0.39, 0.29) is 5.91 Å². The molecule has 0 saturated heterocycles. The Kier molecular flexibility index (Phi) is 3.24. The average Bonchev–Trinajstić information content (AvgIpc) is 3.02. The Morgan fingerprint density at radius 2 is 1.96 bits per heavy atom. The number of imidazole rings is 1. The molecule has 0 radical (unpaired) electrons. The lowest BCUT2D eigenvalue weighted by atomic mass is 10.1. The van der Waals surface area contributed by atoms with E-state index in [9.17, 15) is 4.79 Å². The molecule has 5 heteroatoms. The highest BCUT2D eigenvalue weighted by Gasteiger charge is 2.10. The fourth-order valence-electron chi connectivity index (χ4n) is 2.63. The van der Waals surface area contributed by atoms with Crippen LogP contribution in [-0.4, -0.2) is 20.3 Å². The molecule has 5 nitrogen and oxygen atoms in total. The highest BCUT2D eigenvalue weighted by Crippen LogP contribution is 2.16. The Balaban J connectivity index is 1.57. The van der Waals surface area contributed by atoms with Crippen molar-refractivity contribution in [2.24, 2.45) is 0 Å². The molecule has 3 aromatic heterocycles. The number of nitrogens with one attached hydrogen (secondary N) is 1. The zero-order valence-electron chi connectivity index (χ0n) is 12.3. The molecule has 1 aromatic carbocycles. The van der Waals surface area contributed by atoms with Crippen molar-refractivity contribution in [3.8, 4) is 0 Å². The van der Waals surface area contributed by atoms with Crippen LogP contribution in [-0.2, 0) is 6.54 Å². The van der Waals surface area contributed by atoms with Crippen molar-refractivity contribution in [3.63, 3.8) is 0 Å². The molecule has 0 aliphatic rings. The number of hydrogen-bond acceptors (Lipinski definition) is 3.